The molecule has 0 atom stereocenters. The summed E-state index contributed by atoms with van der Waals surface area (Å²) < 4.78 is -0.625. The van der Waals surface area contributed by atoms with Crippen molar-refractivity contribution in [2.24, 2.45) is 0 Å². The van der Waals surface area contributed by atoms with E-state index in [1.165, 1.54) is 0 Å². The molecule has 0 aromatic rings. The van der Waals surface area contributed by atoms with Crippen molar-refractivity contribution in [2.45, 2.75) is 0 Å². The molecule has 0 unspecified atom stereocenters. The predicted molar refractivity (Wildman–Crippen MR) is 12.7 cm³/mol. The van der Waals surface area contributed by atoms with Gasteiger partial charge in [-0.1, -0.05) is 0 Å². The van der Waals surface area contributed by atoms with Crippen LogP contribution in [0.4, 0.5) is 0 Å². The van der Waals surface area contributed by atoms with Crippen molar-refractivity contribution in [3.05, 3.63) is 10.1 Å². The summed E-state index contributed by atoms with van der Waals surface area (Å²) in [4.78, 5) is 8.75. The standard InChI is InChI=1S/NO2Se/c2-1(3)4. The molecule has 0 rings (SSSR count). The molecular formula is NO2Se. The molecule has 4 heteroatoms. The van der Waals surface area contributed by atoms with Gasteiger partial charge in [0.25, 0.3) is 0 Å². The Kier molecular flexibility index (Phi) is 1.24. The van der Waals surface area contributed by atoms with Crippen LogP contribution in [0.25, 0.3) is 0 Å². The zero-order chi connectivity index (χ0) is 3.58. The molecule has 0 aliphatic carbocycles. The van der Waals surface area contributed by atoms with E-state index in [1.807, 2.05) is 0 Å². The van der Waals surface area contributed by atoms with Gasteiger partial charge in [0, 0.05) is 0 Å². The van der Waals surface area contributed by atoms with E-state index in [0.717, 1.165) is 0 Å². The van der Waals surface area contributed by atoms with E-state index in [4.69, 9.17) is 10.1 Å². The van der Waals surface area contributed by atoms with Crippen LogP contribution >= 0.6 is 0 Å². The summed E-state index contributed by atoms with van der Waals surface area (Å²) in [5, 5.41) is 8.75. The monoisotopic (exact) mass is 126 g/mol. The van der Waals surface area contributed by atoms with Crippen molar-refractivity contribution < 1.29 is 3.94 Å². The molecule has 3 nitrogen and oxygen atoms in total. The van der Waals surface area contributed by atoms with Gasteiger partial charge < -0.3 is 0 Å². The van der Waals surface area contributed by atoms with Crippen LogP contribution in [-0.4, -0.2) is 20.2 Å². The van der Waals surface area contributed by atoms with Crippen LogP contribution in [0.1, 0.15) is 0 Å². The Morgan fingerprint density at radius 1 is 2.00 bits per heavy atom. The fourth-order valence-corrected chi connectivity index (χ4v) is 0. The van der Waals surface area contributed by atoms with E-state index >= 15 is 0 Å². The molecule has 0 N–H and O–H groups in total. The second kappa shape index (κ2) is 1.26. The fourth-order valence-electron chi connectivity index (χ4n) is 0. The van der Waals surface area contributed by atoms with E-state index in [9.17, 15) is 0 Å². The first-order valence-electron chi connectivity index (χ1n) is 0.548. The average molecular weight is 125 g/mol. The first-order chi connectivity index (χ1) is 1.73. The van der Waals surface area contributed by atoms with Gasteiger partial charge in [0.15, 0.2) is 0 Å². The first kappa shape index (κ1) is 3.92. The van der Waals surface area contributed by atoms with Crippen LogP contribution in [0.5, 0.6) is 0 Å². The molecule has 0 spiro atoms. The average Bonchev–Trinajstić information content (AvgIpc) is 0.811. The summed E-state index contributed by atoms with van der Waals surface area (Å²) in [7, 11) is 0. The normalized spacial score (nSPS) is 6.00. The summed E-state index contributed by atoms with van der Waals surface area (Å²) in [6.45, 7) is 0. The Hall–Kier alpha value is -0.0805. The van der Waals surface area contributed by atoms with Crippen molar-refractivity contribution in [3.63, 3.8) is 0 Å². The molecule has 23 valence electrons. The molecule has 0 heterocycles. The van der Waals surface area contributed by atoms with Crippen molar-refractivity contribution in [1.29, 1.82) is 0 Å². The SMILES string of the molecule is O=[N+]([O-])[Se]. The van der Waals surface area contributed by atoms with E-state index in [-0.39, 0.29) is 0 Å². The Labute approximate surface area is 31.2 Å². The number of nitrogens with zero attached hydrogens (tertiary/aromatic N) is 1. The molecular weight excluding hydrogens is 125 g/mol. The Morgan fingerprint density at radius 2 is 2.00 bits per heavy atom. The summed E-state index contributed by atoms with van der Waals surface area (Å²) in [5.41, 5.74) is 0. The van der Waals surface area contributed by atoms with Crippen LogP contribution < -0.4 is 0 Å². The number of rotatable bonds is 0. The van der Waals surface area contributed by atoms with Gasteiger partial charge in [0.05, 0.1) is 0 Å². The third-order valence-electron chi connectivity index (χ3n) is 0. The topological polar surface area (TPSA) is 43.1 Å². The Balaban J connectivity index is 2.80. The van der Waals surface area contributed by atoms with Gasteiger partial charge in [-0.2, -0.15) is 0 Å². The van der Waals surface area contributed by atoms with E-state index in [0.29, 0.717) is 0 Å². The van der Waals surface area contributed by atoms with Gasteiger partial charge in [0.1, 0.15) is 0 Å². The molecule has 0 amide bonds. The minimum atomic E-state index is -0.625. The van der Waals surface area contributed by atoms with E-state index in [2.05, 4.69) is 0 Å². The van der Waals surface area contributed by atoms with E-state index in [1.54, 1.807) is 16.2 Å². The van der Waals surface area contributed by atoms with Gasteiger partial charge in [0.2, 0.25) is 0 Å². The summed E-state index contributed by atoms with van der Waals surface area (Å²) in [5.74, 6) is 0. The summed E-state index contributed by atoms with van der Waals surface area (Å²) in [6, 6.07) is 0. The van der Waals surface area contributed by atoms with Gasteiger partial charge in [-0.15, -0.1) is 0 Å². The van der Waals surface area contributed by atoms with Crippen molar-refractivity contribution >= 4 is 16.2 Å². The molecule has 0 bridgehead atoms. The summed E-state index contributed by atoms with van der Waals surface area (Å²) >= 11 is 1.62. The molecule has 0 aliphatic rings. The Bertz CT molecular complexity index is 29.0. The van der Waals surface area contributed by atoms with Crippen LogP contribution in [0.15, 0.2) is 0 Å². The van der Waals surface area contributed by atoms with Gasteiger partial charge in [-0.05, 0) is 0 Å². The second-order valence-electron chi connectivity index (χ2n) is 0.224. The van der Waals surface area contributed by atoms with E-state index < -0.39 is 3.94 Å². The van der Waals surface area contributed by atoms with Gasteiger partial charge >= 0.3 is 30.3 Å². The Morgan fingerprint density at radius 3 is 2.00 bits per heavy atom. The second-order valence-corrected chi connectivity index (χ2v) is 0.849. The third-order valence-corrected chi connectivity index (χ3v) is 0. The van der Waals surface area contributed by atoms with Crippen LogP contribution in [-0.2, 0) is 0 Å². The fraction of sp³-hybridized carbons (Fsp3) is 0. The van der Waals surface area contributed by atoms with Gasteiger partial charge in [-0.25, -0.2) is 0 Å². The van der Waals surface area contributed by atoms with Crippen LogP contribution in [0, 0.1) is 10.1 Å². The zero-order valence-electron chi connectivity index (χ0n) is 1.67. The molecule has 0 aromatic carbocycles. The molecule has 0 aliphatic heterocycles. The number of nitro groups is 1. The zero-order valence-corrected chi connectivity index (χ0v) is 3.39. The third kappa shape index (κ3) is 250. The quantitative estimate of drug-likeness (QED) is 0.245. The maximum absolute atomic E-state index is 8.75. The van der Waals surface area contributed by atoms with Crippen molar-refractivity contribution in [2.75, 3.05) is 0 Å². The number of hydrogen-bond donors (Lipinski definition) is 0. The minimum absolute atomic E-state index is 0.625. The van der Waals surface area contributed by atoms with Crippen molar-refractivity contribution in [3.8, 4) is 0 Å². The number of hydrogen-bond acceptors (Lipinski definition) is 2. The van der Waals surface area contributed by atoms with Crippen LogP contribution in [0.2, 0.25) is 0 Å². The maximum atomic E-state index is 8.75. The van der Waals surface area contributed by atoms with Crippen molar-refractivity contribution in [1.82, 2.24) is 0 Å². The first-order valence-corrected chi connectivity index (χ1v) is 1.31. The predicted octanol–water partition coefficient (Wildman–Crippen LogP) is -0.653. The molecule has 4 heavy (non-hydrogen) atoms. The van der Waals surface area contributed by atoms with Gasteiger partial charge in [-0.3, -0.25) is 0 Å². The molecule has 0 aromatic heterocycles. The molecule has 1 radical (unpaired) electrons. The molecule has 0 fully saturated rings. The molecule has 0 saturated carbocycles. The summed E-state index contributed by atoms with van der Waals surface area (Å²) in [6.07, 6.45) is 0. The van der Waals surface area contributed by atoms with Crippen LogP contribution in [0.3, 0.4) is 0 Å². The molecule has 0 saturated heterocycles.